The van der Waals surface area contributed by atoms with Crippen molar-refractivity contribution in [2.75, 3.05) is 0 Å². The fourth-order valence-electron chi connectivity index (χ4n) is 0. The Morgan fingerprint density at radius 1 is 1.71 bits per heavy atom. The van der Waals surface area contributed by atoms with Gasteiger partial charge >= 0.3 is 29.6 Å². The van der Waals surface area contributed by atoms with E-state index in [9.17, 15) is 0 Å². The van der Waals surface area contributed by atoms with E-state index >= 15 is 0 Å². The van der Waals surface area contributed by atoms with Crippen LogP contribution >= 0.6 is 0 Å². The summed E-state index contributed by atoms with van der Waals surface area (Å²) in [6.07, 6.45) is 0.863. The molecule has 0 aromatic heterocycles. The summed E-state index contributed by atoms with van der Waals surface area (Å²) >= 11 is 4.76. The van der Waals surface area contributed by atoms with Gasteiger partial charge in [-0.2, -0.15) is 0 Å². The summed E-state index contributed by atoms with van der Waals surface area (Å²) in [6.45, 7) is 3.81. The van der Waals surface area contributed by atoms with E-state index in [1.165, 1.54) is 0 Å². The van der Waals surface area contributed by atoms with E-state index in [0.29, 0.717) is 0 Å². The first-order valence-corrected chi connectivity index (χ1v) is 2.46. The Balaban J connectivity index is 0. The summed E-state index contributed by atoms with van der Waals surface area (Å²) in [5, 5.41) is 0. The Morgan fingerprint density at radius 3 is 1.86 bits per heavy atom. The van der Waals surface area contributed by atoms with Gasteiger partial charge in [0, 0.05) is 0 Å². The van der Waals surface area contributed by atoms with Crippen molar-refractivity contribution >= 4 is 12.6 Å². The molecular formula is C4H10NNaS. The minimum absolute atomic E-state index is 0. The molecule has 0 fully saturated rings. The van der Waals surface area contributed by atoms with Gasteiger partial charge in [0.2, 0.25) is 0 Å². The number of rotatable bonds is 1. The molecule has 0 amide bonds. The molecular weight excluding hydrogens is 117 g/mol. The van der Waals surface area contributed by atoms with Crippen LogP contribution in [0.25, 0.3) is 0 Å². The maximum Gasteiger partial charge on any atom is 1.00 e. The fraction of sp³-hybridized carbons (Fsp3) is 1.00. The number of hydrogen-bond acceptors (Lipinski definition) is 2. The summed E-state index contributed by atoms with van der Waals surface area (Å²) in [5.74, 6) is 0. The molecule has 0 aromatic rings. The SMILES string of the molecule is CCC(C)(N)[S-].[Na+]. The largest absolute Gasteiger partial charge is 1.00 e. The van der Waals surface area contributed by atoms with E-state index in [2.05, 4.69) is 0 Å². The molecule has 1 nitrogen and oxygen atoms in total. The Hall–Kier alpha value is 1.31. The Bertz CT molecular complexity index is 41.4. The summed E-state index contributed by atoms with van der Waals surface area (Å²) in [5.41, 5.74) is 5.35. The normalized spacial score (nSPS) is 17.1. The molecule has 0 heterocycles. The second-order valence-corrected chi connectivity index (χ2v) is 2.60. The van der Waals surface area contributed by atoms with Crippen LogP contribution in [0.5, 0.6) is 0 Å². The average Bonchev–Trinajstić information content (AvgIpc) is 1.35. The van der Waals surface area contributed by atoms with E-state index in [0.717, 1.165) is 6.42 Å². The predicted octanol–water partition coefficient (Wildman–Crippen LogP) is -2.38. The average molecular weight is 127 g/mol. The van der Waals surface area contributed by atoms with Crippen molar-refractivity contribution in [1.82, 2.24) is 0 Å². The standard InChI is InChI=1S/C4H11NS.Na/c1-3-4(2,5)6;/h6H,3,5H2,1-2H3;/q;+1/p-1. The summed E-state index contributed by atoms with van der Waals surface area (Å²) < 4.78 is 0. The molecule has 2 N–H and O–H groups in total. The zero-order valence-electron chi connectivity index (χ0n) is 5.19. The van der Waals surface area contributed by atoms with Gasteiger partial charge in [-0.25, -0.2) is 0 Å². The van der Waals surface area contributed by atoms with E-state index in [-0.39, 0.29) is 34.4 Å². The fourth-order valence-corrected chi connectivity index (χ4v) is 0. The monoisotopic (exact) mass is 127 g/mol. The molecule has 0 saturated heterocycles. The molecule has 0 aliphatic heterocycles. The van der Waals surface area contributed by atoms with Gasteiger partial charge in [0.05, 0.1) is 0 Å². The Kier molecular flexibility index (Phi) is 6.72. The van der Waals surface area contributed by atoms with Crippen LogP contribution in [0, 0.1) is 0 Å². The molecule has 0 saturated carbocycles. The number of hydrogen-bond donors (Lipinski definition) is 1. The van der Waals surface area contributed by atoms with Crippen LogP contribution in [0.4, 0.5) is 0 Å². The van der Waals surface area contributed by atoms with Gasteiger partial charge in [-0.1, -0.05) is 20.3 Å². The van der Waals surface area contributed by atoms with E-state index in [4.69, 9.17) is 18.4 Å². The van der Waals surface area contributed by atoms with Gasteiger partial charge in [-0.3, -0.25) is 0 Å². The summed E-state index contributed by atoms with van der Waals surface area (Å²) in [7, 11) is 0. The summed E-state index contributed by atoms with van der Waals surface area (Å²) in [4.78, 5) is -0.375. The quantitative estimate of drug-likeness (QED) is 0.314. The van der Waals surface area contributed by atoms with Gasteiger partial charge in [0.15, 0.2) is 0 Å². The van der Waals surface area contributed by atoms with Gasteiger partial charge in [-0.15, -0.1) is 4.87 Å². The van der Waals surface area contributed by atoms with Crippen LogP contribution < -0.4 is 35.3 Å². The van der Waals surface area contributed by atoms with Crippen molar-refractivity contribution < 1.29 is 29.6 Å². The van der Waals surface area contributed by atoms with Crippen LogP contribution in [0.2, 0.25) is 0 Å². The summed E-state index contributed by atoms with van der Waals surface area (Å²) in [6, 6.07) is 0. The van der Waals surface area contributed by atoms with Crippen molar-refractivity contribution in [3.63, 3.8) is 0 Å². The first-order valence-electron chi connectivity index (χ1n) is 2.05. The maximum atomic E-state index is 5.35. The maximum absolute atomic E-state index is 5.35. The molecule has 3 heteroatoms. The van der Waals surface area contributed by atoms with Crippen LogP contribution in [0.15, 0.2) is 0 Å². The van der Waals surface area contributed by atoms with E-state index < -0.39 is 0 Å². The van der Waals surface area contributed by atoms with E-state index in [1.807, 2.05) is 13.8 Å². The first-order chi connectivity index (χ1) is 2.56. The van der Waals surface area contributed by atoms with Crippen molar-refractivity contribution in [3.8, 4) is 0 Å². The second-order valence-electron chi connectivity index (χ2n) is 1.67. The molecule has 0 aliphatic carbocycles. The molecule has 0 spiro atoms. The first kappa shape index (κ1) is 11.2. The Morgan fingerprint density at radius 2 is 1.86 bits per heavy atom. The third kappa shape index (κ3) is 11.1. The van der Waals surface area contributed by atoms with Crippen molar-refractivity contribution in [1.29, 1.82) is 0 Å². The van der Waals surface area contributed by atoms with Gasteiger partial charge in [0.1, 0.15) is 0 Å². The van der Waals surface area contributed by atoms with E-state index in [1.54, 1.807) is 0 Å². The third-order valence-corrected chi connectivity index (χ3v) is 0.991. The van der Waals surface area contributed by atoms with Crippen LogP contribution in [-0.4, -0.2) is 4.87 Å². The minimum atomic E-state index is -0.375. The predicted molar refractivity (Wildman–Crippen MR) is 30.2 cm³/mol. The molecule has 0 rings (SSSR count). The van der Waals surface area contributed by atoms with Gasteiger partial charge in [-0.05, 0) is 0 Å². The zero-order valence-corrected chi connectivity index (χ0v) is 8.01. The molecule has 0 bridgehead atoms. The molecule has 1 unspecified atom stereocenters. The second kappa shape index (κ2) is 4.21. The minimum Gasteiger partial charge on any atom is -0.771 e. The molecule has 7 heavy (non-hydrogen) atoms. The number of nitrogens with two attached hydrogens (primary N) is 1. The molecule has 0 aliphatic rings. The molecule has 0 aromatic carbocycles. The topological polar surface area (TPSA) is 26.0 Å². The molecule has 1 atom stereocenters. The van der Waals surface area contributed by atoms with Crippen molar-refractivity contribution in [3.05, 3.63) is 0 Å². The Labute approximate surface area is 72.7 Å². The van der Waals surface area contributed by atoms with Crippen molar-refractivity contribution in [2.24, 2.45) is 5.73 Å². The molecule has 0 radical (unpaired) electrons. The smallest absolute Gasteiger partial charge is 0.771 e. The van der Waals surface area contributed by atoms with Gasteiger partial charge < -0.3 is 18.4 Å². The van der Waals surface area contributed by atoms with Crippen LogP contribution in [0.3, 0.4) is 0 Å². The van der Waals surface area contributed by atoms with Crippen LogP contribution in [-0.2, 0) is 12.6 Å². The molecule has 38 valence electrons. The zero-order chi connectivity index (χ0) is 5.21. The third-order valence-electron chi connectivity index (χ3n) is 0.702. The van der Waals surface area contributed by atoms with Gasteiger partial charge in [0.25, 0.3) is 0 Å². The van der Waals surface area contributed by atoms with Crippen LogP contribution in [0.1, 0.15) is 20.3 Å². The van der Waals surface area contributed by atoms with Crippen molar-refractivity contribution in [2.45, 2.75) is 25.1 Å².